The molecule has 0 saturated heterocycles. The van der Waals surface area contributed by atoms with Crippen molar-refractivity contribution in [2.75, 3.05) is 0 Å². The molecule has 3 heteroatoms. The predicted molar refractivity (Wildman–Crippen MR) is 82.1 cm³/mol. The van der Waals surface area contributed by atoms with Crippen molar-refractivity contribution in [3.05, 3.63) is 20.8 Å². The van der Waals surface area contributed by atoms with Crippen LogP contribution in [0.25, 0.3) is 0 Å². The zero-order chi connectivity index (χ0) is 13.6. The molecule has 1 aliphatic rings. The quantitative estimate of drug-likeness (QED) is 0.807. The number of halogens is 1. The first-order valence-electron chi connectivity index (χ1n) is 6.55. The fourth-order valence-corrected chi connectivity index (χ4v) is 5.75. The highest BCUT2D eigenvalue weighted by Gasteiger charge is 2.46. The van der Waals surface area contributed by atoms with E-state index >= 15 is 0 Å². The van der Waals surface area contributed by atoms with Gasteiger partial charge in [-0.05, 0) is 52.1 Å². The lowest BCUT2D eigenvalue weighted by atomic mass is 9.59. The van der Waals surface area contributed by atoms with Crippen LogP contribution in [0.1, 0.15) is 51.8 Å². The van der Waals surface area contributed by atoms with Gasteiger partial charge in [0.25, 0.3) is 0 Å². The van der Waals surface area contributed by atoms with Gasteiger partial charge in [0.15, 0.2) is 0 Å². The van der Waals surface area contributed by atoms with E-state index in [-0.39, 0.29) is 10.8 Å². The molecule has 1 aliphatic carbocycles. The third-order valence-corrected chi connectivity index (χ3v) is 5.39. The van der Waals surface area contributed by atoms with E-state index in [9.17, 15) is 5.11 Å². The lowest BCUT2D eigenvalue weighted by Crippen LogP contribution is -2.47. The largest absolute Gasteiger partial charge is 0.389 e. The maximum Gasteiger partial charge on any atom is 0.0706 e. The van der Waals surface area contributed by atoms with Crippen molar-refractivity contribution < 1.29 is 5.11 Å². The van der Waals surface area contributed by atoms with Crippen molar-refractivity contribution >= 4 is 27.3 Å². The zero-order valence-corrected chi connectivity index (χ0v) is 14.1. The van der Waals surface area contributed by atoms with Crippen LogP contribution in [0.15, 0.2) is 15.9 Å². The smallest absolute Gasteiger partial charge is 0.0706 e. The van der Waals surface area contributed by atoms with Crippen molar-refractivity contribution in [3.8, 4) is 0 Å². The van der Waals surface area contributed by atoms with Gasteiger partial charge in [-0.2, -0.15) is 0 Å². The van der Waals surface area contributed by atoms with E-state index in [0.717, 1.165) is 23.7 Å². The van der Waals surface area contributed by atoms with Gasteiger partial charge in [-0.15, -0.1) is 11.3 Å². The van der Waals surface area contributed by atoms with Crippen LogP contribution in [0, 0.1) is 10.8 Å². The van der Waals surface area contributed by atoms with Gasteiger partial charge in [-0.1, -0.05) is 27.7 Å². The molecule has 2 rings (SSSR count). The summed E-state index contributed by atoms with van der Waals surface area (Å²) in [6.07, 6.45) is 3.78. The highest BCUT2D eigenvalue weighted by atomic mass is 79.9. The lowest BCUT2D eigenvalue weighted by molar-refractivity contribution is -0.0846. The van der Waals surface area contributed by atoms with Crippen LogP contribution in [0.2, 0.25) is 0 Å². The summed E-state index contributed by atoms with van der Waals surface area (Å²) in [7, 11) is 0. The molecule has 0 unspecified atom stereocenters. The summed E-state index contributed by atoms with van der Waals surface area (Å²) in [5.41, 5.74) is -0.0917. The van der Waals surface area contributed by atoms with Crippen LogP contribution in [-0.2, 0) is 6.42 Å². The topological polar surface area (TPSA) is 20.2 Å². The van der Waals surface area contributed by atoms with Gasteiger partial charge in [0.2, 0.25) is 0 Å². The fraction of sp³-hybridized carbons (Fsp3) is 0.733. The second-order valence-corrected chi connectivity index (χ2v) is 9.40. The lowest BCUT2D eigenvalue weighted by Gasteiger charge is -2.49. The van der Waals surface area contributed by atoms with Gasteiger partial charge < -0.3 is 5.11 Å². The van der Waals surface area contributed by atoms with Crippen LogP contribution in [0.5, 0.6) is 0 Å². The summed E-state index contributed by atoms with van der Waals surface area (Å²) in [6.45, 7) is 9.12. The Bertz CT molecular complexity index is 417. The molecule has 1 N–H and O–H groups in total. The van der Waals surface area contributed by atoms with E-state index in [4.69, 9.17) is 0 Å². The third kappa shape index (κ3) is 3.58. The van der Waals surface area contributed by atoms with E-state index in [1.807, 2.05) is 0 Å². The maximum atomic E-state index is 11.0. The molecule has 0 aliphatic heterocycles. The van der Waals surface area contributed by atoms with E-state index < -0.39 is 5.60 Å². The molecule has 1 heterocycles. The summed E-state index contributed by atoms with van der Waals surface area (Å²) in [4.78, 5) is 1.28. The van der Waals surface area contributed by atoms with E-state index in [0.29, 0.717) is 0 Å². The Morgan fingerprint density at radius 1 is 1.17 bits per heavy atom. The average molecular weight is 331 g/mol. The second kappa shape index (κ2) is 4.60. The molecule has 0 atom stereocenters. The van der Waals surface area contributed by atoms with E-state index in [1.54, 1.807) is 11.3 Å². The first-order chi connectivity index (χ1) is 8.09. The first kappa shape index (κ1) is 14.5. The molecule has 0 amide bonds. The molecule has 1 aromatic rings. The highest BCUT2D eigenvalue weighted by molar-refractivity contribution is 9.10. The molecule has 1 fully saturated rings. The summed E-state index contributed by atoms with van der Waals surface area (Å²) in [5.74, 6) is 0. The summed E-state index contributed by atoms with van der Waals surface area (Å²) >= 11 is 5.22. The molecule has 1 aromatic heterocycles. The van der Waals surface area contributed by atoms with E-state index in [2.05, 4.69) is 55.1 Å². The SMILES string of the molecule is CC1(C)CC(C)(C)CC(O)(Cc2cc(Br)cs2)C1. The number of rotatable bonds is 2. The van der Waals surface area contributed by atoms with Crippen molar-refractivity contribution in [2.45, 2.75) is 59.0 Å². The standard InChI is InChI=1S/C15H23BrOS/c1-13(2)8-14(3,4)10-15(17,9-13)6-12-5-11(16)7-18-12/h5,7,17H,6,8-10H2,1-4H3. The minimum absolute atomic E-state index is 0.227. The molecule has 0 spiro atoms. The normalized spacial score (nSPS) is 25.0. The monoisotopic (exact) mass is 330 g/mol. The minimum atomic E-state index is -0.546. The Hall–Kier alpha value is 0.140. The summed E-state index contributed by atoms with van der Waals surface area (Å²) < 4.78 is 1.13. The molecular weight excluding hydrogens is 308 g/mol. The van der Waals surface area contributed by atoms with Crippen LogP contribution in [0.4, 0.5) is 0 Å². The van der Waals surface area contributed by atoms with Gasteiger partial charge in [0, 0.05) is 21.2 Å². The first-order valence-corrected chi connectivity index (χ1v) is 8.22. The molecule has 1 nitrogen and oxygen atoms in total. The predicted octanol–water partition coefficient (Wildman–Crippen LogP) is 5.02. The Balaban J connectivity index is 2.19. The Morgan fingerprint density at radius 3 is 2.17 bits per heavy atom. The molecule has 102 valence electrons. The van der Waals surface area contributed by atoms with Gasteiger partial charge in [0.1, 0.15) is 0 Å². The molecule has 0 radical (unpaired) electrons. The van der Waals surface area contributed by atoms with Crippen LogP contribution in [0.3, 0.4) is 0 Å². The van der Waals surface area contributed by atoms with Gasteiger partial charge >= 0.3 is 0 Å². The summed E-state index contributed by atoms with van der Waals surface area (Å²) in [5, 5.41) is 13.1. The van der Waals surface area contributed by atoms with Gasteiger partial charge in [-0.3, -0.25) is 0 Å². The zero-order valence-electron chi connectivity index (χ0n) is 11.7. The van der Waals surface area contributed by atoms with Crippen molar-refractivity contribution in [1.82, 2.24) is 0 Å². The number of aliphatic hydroxyl groups is 1. The molecule has 18 heavy (non-hydrogen) atoms. The van der Waals surface area contributed by atoms with Gasteiger partial charge in [0.05, 0.1) is 5.60 Å². The fourth-order valence-electron chi connectivity index (χ4n) is 4.16. The molecule has 1 saturated carbocycles. The summed E-state index contributed by atoms with van der Waals surface area (Å²) in [6, 6.07) is 2.14. The van der Waals surface area contributed by atoms with E-state index in [1.165, 1.54) is 11.3 Å². The van der Waals surface area contributed by atoms with Gasteiger partial charge in [-0.25, -0.2) is 0 Å². The van der Waals surface area contributed by atoms with Crippen molar-refractivity contribution in [2.24, 2.45) is 10.8 Å². The highest BCUT2D eigenvalue weighted by Crippen LogP contribution is 2.51. The molecular formula is C15H23BrOS. The number of hydrogen-bond acceptors (Lipinski definition) is 2. The van der Waals surface area contributed by atoms with Crippen LogP contribution >= 0.6 is 27.3 Å². The van der Waals surface area contributed by atoms with Crippen molar-refractivity contribution in [1.29, 1.82) is 0 Å². The van der Waals surface area contributed by atoms with Crippen LogP contribution < -0.4 is 0 Å². The molecule has 0 bridgehead atoms. The van der Waals surface area contributed by atoms with Crippen LogP contribution in [-0.4, -0.2) is 10.7 Å². The second-order valence-electron chi connectivity index (χ2n) is 7.49. The van der Waals surface area contributed by atoms with Crippen molar-refractivity contribution in [3.63, 3.8) is 0 Å². The maximum absolute atomic E-state index is 11.0. The number of hydrogen-bond donors (Lipinski definition) is 1. The minimum Gasteiger partial charge on any atom is -0.389 e. The Labute approximate surface area is 123 Å². The average Bonchev–Trinajstić information content (AvgIpc) is 2.42. The Morgan fingerprint density at radius 2 is 1.72 bits per heavy atom. The third-order valence-electron chi connectivity index (χ3n) is 3.70. The number of thiophene rings is 1. The Kier molecular flexibility index (Phi) is 3.72. The molecule has 0 aromatic carbocycles.